The third-order valence-corrected chi connectivity index (χ3v) is 4.86. The fourth-order valence-electron chi connectivity index (χ4n) is 3.61. The summed E-state index contributed by atoms with van der Waals surface area (Å²) >= 11 is 0. The van der Waals surface area contributed by atoms with Crippen molar-refractivity contribution in [3.8, 4) is 17.1 Å². The summed E-state index contributed by atoms with van der Waals surface area (Å²) in [7, 11) is 1.87. The summed E-state index contributed by atoms with van der Waals surface area (Å²) < 4.78 is 1.74. The third kappa shape index (κ3) is 4.43. The second-order valence-electron chi connectivity index (χ2n) is 7.57. The van der Waals surface area contributed by atoms with Crippen LogP contribution in [0.5, 0.6) is 5.75 Å². The van der Waals surface area contributed by atoms with Crippen molar-refractivity contribution in [1.29, 1.82) is 0 Å². The minimum Gasteiger partial charge on any atom is -0.506 e. The number of aryl methyl sites for hydroxylation is 1. The van der Waals surface area contributed by atoms with E-state index in [1.54, 1.807) is 23.1 Å². The van der Waals surface area contributed by atoms with Gasteiger partial charge in [-0.05, 0) is 37.6 Å². The van der Waals surface area contributed by atoms with E-state index in [-0.39, 0.29) is 5.75 Å². The summed E-state index contributed by atoms with van der Waals surface area (Å²) in [5.74, 6) is 0.911. The summed E-state index contributed by atoms with van der Waals surface area (Å²) in [6, 6.07) is 6.26. The SMILES string of the molecule is CC1CN(c2ccc(-c3ncc(/C=C/c4cnn(C)c4)cc3O)nn2)C[C@H](C)N1. The Hall–Kier alpha value is -3.26. The highest BCUT2D eigenvalue weighted by Crippen LogP contribution is 2.27. The molecule has 4 rings (SSSR count). The van der Waals surface area contributed by atoms with Crippen molar-refractivity contribution < 1.29 is 5.11 Å². The van der Waals surface area contributed by atoms with Gasteiger partial charge in [-0.25, -0.2) is 4.98 Å². The van der Waals surface area contributed by atoms with Crippen LogP contribution in [0.3, 0.4) is 0 Å². The number of piperazine rings is 1. The van der Waals surface area contributed by atoms with E-state index in [1.165, 1.54) is 0 Å². The normalized spacial score (nSPS) is 19.8. The Morgan fingerprint density at radius 3 is 2.45 bits per heavy atom. The van der Waals surface area contributed by atoms with E-state index in [9.17, 15) is 5.11 Å². The maximum Gasteiger partial charge on any atom is 0.151 e. The van der Waals surface area contributed by atoms with E-state index in [0.29, 0.717) is 23.5 Å². The lowest BCUT2D eigenvalue weighted by molar-refractivity contribution is 0.404. The van der Waals surface area contributed by atoms with Crippen molar-refractivity contribution in [2.24, 2.45) is 7.05 Å². The van der Waals surface area contributed by atoms with E-state index in [1.807, 2.05) is 37.5 Å². The first kappa shape index (κ1) is 19.1. The monoisotopic (exact) mass is 391 g/mol. The first-order chi connectivity index (χ1) is 14.0. The van der Waals surface area contributed by atoms with Gasteiger partial charge in [0.05, 0.1) is 6.20 Å². The molecule has 1 aliphatic rings. The van der Waals surface area contributed by atoms with Crippen LogP contribution in [0.1, 0.15) is 25.0 Å². The second kappa shape index (κ2) is 8.00. The Balaban J connectivity index is 1.50. The van der Waals surface area contributed by atoms with Gasteiger partial charge in [0.25, 0.3) is 0 Å². The molecule has 3 aromatic rings. The first-order valence-electron chi connectivity index (χ1n) is 9.69. The minimum absolute atomic E-state index is 0.0739. The van der Waals surface area contributed by atoms with E-state index in [0.717, 1.165) is 30.0 Å². The maximum absolute atomic E-state index is 10.4. The highest BCUT2D eigenvalue weighted by Gasteiger charge is 2.22. The van der Waals surface area contributed by atoms with E-state index < -0.39 is 0 Å². The molecule has 8 nitrogen and oxygen atoms in total. The molecule has 0 radical (unpaired) electrons. The molecule has 3 aromatic heterocycles. The number of rotatable bonds is 4. The van der Waals surface area contributed by atoms with E-state index in [2.05, 4.69) is 44.3 Å². The lowest BCUT2D eigenvalue weighted by atomic mass is 10.1. The fraction of sp³-hybridized carbons (Fsp3) is 0.333. The molecule has 2 atom stereocenters. The topological polar surface area (TPSA) is 92.0 Å². The van der Waals surface area contributed by atoms with Crippen LogP contribution in [-0.2, 0) is 7.05 Å². The molecule has 2 N–H and O–H groups in total. The summed E-state index contributed by atoms with van der Waals surface area (Å²) in [6.45, 7) is 6.10. The summed E-state index contributed by atoms with van der Waals surface area (Å²) in [6.07, 6.45) is 9.20. The Morgan fingerprint density at radius 2 is 1.83 bits per heavy atom. The van der Waals surface area contributed by atoms with Crippen LogP contribution in [0.2, 0.25) is 0 Å². The molecule has 1 aliphatic heterocycles. The number of aromatic nitrogens is 5. The van der Waals surface area contributed by atoms with Crippen molar-refractivity contribution in [3.05, 3.63) is 47.9 Å². The van der Waals surface area contributed by atoms with Crippen LogP contribution in [-0.4, -0.2) is 55.2 Å². The molecule has 0 spiro atoms. The lowest BCUT2D eigenvalue weighted by Gasteiger charge is -2.36. The van der Waals surface area contributed by atoms with Gasteiger partial charge in [0.15, 0.2) is 5.82 Å². The van der Waals surface area contributed by atoms with Crippen LogP contribution < -0.4 is 10.2 Å². The molecule has 0 bridgehead atoms. The molecule has 29 heavy (non-hydrogen) atoms. The number of anilines is 1. The largest absolute Gasteiger partial charge is 0.506 e. The quantitative estimate of drug-likeness (QED) is 0.705. The molecule has 4 heterocycles. The van der Waals surface area contributed by atoms with Crippen LogP contribution in [0.15, 0.2) is 36.8 Å². The molecular weight excluding hydrogens is 366 g/mol. The molecule has 1 unspecified atom stereocenters. The van der Waals surface area contributed by atoms with E-state index >= 15 is 0 Å². The molecule has 0 saturated carbocycles. The minimum atomic E-state index is 0.0739. The van der Waals surface area contributed by atoms with Crippen LogP contribution in [0.4, 0.5) is 5.82 Å². The summed E-state index contributed by atoms with van der Waals surface area (Å²) in [5, 5.41) is 26.7. The van der Waals surface area contributed by atoms with Crippen LogP contribution in [0.25, 0.3) is 23.5 Å². The number of hydrogen-bond donors (Lipinski definition) is 2. The Morgan fingerprint density at radius 1 is 1.07 bits per heavy atom. The molecule has 8 heteroatoms. The molecule has 1 fully saturated rings. The lowest BCUT2D eigenvalue weighted by Crippen LogP contribution is -2.54. The van der Waals surface area contributed by atoms with Crippen LogP contribution in [0, 0.1) is 0 Å². The molecule has 0 aromatic carbocycles. The number of nitrogens with one attached hydrogen (secondary N) is 1. The van der Waals surface area contributed by atoms with Gasteiger partial charge in [-0.1, -0.05) is 12.2 Å². The van der Waals surface area contributed by atoms with E-state index in [4.69, 9.17) is 0 Å². The highest BCUT2D eigenvalue weighted by atomic mass is 16.3. The standard InChI is InChI=1S/C21H25N7O/c1-14-11-28(12-15(2)24-14)20-7-6-18(25-26-20)21-19(29)8-16(9-22-21)4-5-17-10-23-27(3)13-17/h4-10,13-15,24,29H,11-12H2,1-3H3/b5-4+/t14-,15?/m0/s1. The fourth-order valence-corrected chi connectivity index (χ4v) is 3.61. The van der Waals surface area contributed by atoms with Gasteiger partial charge < -0.3 is 15.3 Å². The van der Waals surface area contributed by atoms with Crippen molar-refractivity contribution >= 4 is 18.0 Å². The van der Waals surface area contributed by atoms with Crippen molar-refractivity contribution in [1.82, 2.24) is 30.3 Å². The Kier molecular flexibility index (Phi) is 5.26. The number of pyridine rings is 1. The first-order valence-corrected chi connectivity index (χ1v) is 9.69. The van der Waals surface area contributed by atoms with Gasteiger partial charge in [-0.3, -0.25) is 4.68 Å². The zero-order valence-electron chi connectivity index (χ0n) is 16.8. The Bertz CT molecular complexity index is 1000. The molecule has 150 valence electrons. The molecule has 0 amide bonds. The third-order valence-electron chi connectivity index (χ3n) is 4.86. The molecular formula is C21H25N7O. The number of aromatic hydroxyl groups is 1. The summed E-state index contributed by atoms with van der Waals surface area (Å²) in [4.78, 5) is 6.61. The predicted molar refractivity (Wildman–Crippen MR) is 113 cm³/mol. The van der Waals surface area contributed by atoms with Gasteiger partial charge >= 0.3 is 0 Å². The van der Waals surface area contributed by atoms with Crippen molar-refractivity contribution in [2.75, 3.05) is 18.0 Å². The zero-order chi connectivity index (χ0) is 20.4. The predicted octanol–water partition coefficient (Wildman–Crippen LogP) is 2.33. The van der Waals surface area contributed by atoms with Crippen molar-refractivity contribution in [3.63, 3.8) is 0 Å². The smallest absolute Gasteiger partial charge is 0.151 e. The highest BCUT2D eigenvalue weighted by molar-refractivity contribution is 5.72. The van der Waals surface area contributed by atoms with Gasteiger partial charge in [-0.15, -0.1) is 10.2 Å². The van der Waals surface area contributed by atoms with Gasteiger partial charge in [0.1, 0.15) is 17.1 Å². The van der Waals surface area contributed by atoms with Gasteiger partial charge in [-0.2, -0.15) is 5.10 Å². The number of nitrogens with zero attached hydrogens (tertiary/aromatic N) is 6. The zero-order valence-corrected chi connectivity index (χ0v) is 16.8. The van der Waals surface area contributed by atoms with Crippen molar-refractivity contribution in [2.45, 2.75) is 25.9 Å². The van der Waals surface area contributed by atoms with Crippen LogP contribution >= 0.6 is 0 Å². The molecule has 1 saturated heterocycles. The second-order valence-corrected chi connectivity index (χ2v) is 7.57. The maximum atomic E-state index is 10.4. The van der Waals surface area contributed by atoms with Gasteiger partial charge in [0.2, 0.25) is 0 Å². The van der Waals surface area contributed by atoms with Gasteiger partial charge in [0, 0.05) is 50.2 Å². The average Bonchev–Trinajstić information content (AvgIpc) is 3.11. The average molecular weight is 391 g/mol. The number of hydrogen-bond acceptors (Lipinski definition) is 7. The molecule has 0 aliphatic carbocycles. The summed E-state index contributed by atoms with van der Waals surface area (Å²) in [5.41, 5.74) is 2.74. The Labute approximate surface area is 169 Å².